The average molecular weight is 156 g/mol. The van der Waals surface area contributed by atoms with E-state index in [1.807, 2.05) is 12.3 Å². The molecule has 0 aliphatic carbocycles. The molecule has 0 saturated heterocycles. The number of aromatic nitrogens is 2. The molecule has 0 atom stereocenters. The molecule has 1 heterocycles. The molecule has 0 aliphatic heterocycles. The zero-order chi connectivity index (χ0) is 8.10. The quantitative estimate of drug-likeness (QED) is 0.596. The van der Waals surface area contributed by atoms with E-state index in [1.54, 1.807) is 25.1 Å². The summed E-state index contributed by atoms with van der Waals surface area (Å²) in [6.07, 6.45) is 3.38. The Hall–Kier alpha value is -0.870. The zero-order valence-corrected chi connectivity index (χ0v) is 6.73. The third-order valence-electron chi connectivity index (χ3n) is 1.42. The Labute approximate surface area is 65.7 Å². The number of rotatable bonds is 4. The lowest BCUT2D eigenvalue weighted by Gasteiger charge is -2.12. The van der Waals surface area contributed by atoms with Crippen LogP contribution in [0.3, 0.4) is 0 Å². The third-order valence-corrected chi connectivity index (χ3v) is 1.42. The highest BCUT2D eigenvalue weighted by molar-refractivity contribution is 4.77. The maximum Gasteiger partial charge on any atom is 0.176 e. The highest BCUT2D eigenvalue weighted by atomic mass is 16.7. The SMILES string of the molecule is COC(Cn1cccn1)OC. The van der Waals surface area contributed by atoms with Crippen molar-refractivity contribution in [2.24, 2.45) is 0 Å². The van der Waals surface area contributed by atoms with Gasteiger partial charge in [-0.3, -0.25) is 4.68 Å². The molecule has 1 rings (SSSR count). The first-order valence-corrected chi connectivity index (χ1v) is 3.40. The molecule has 0 amide bonds. The Kier molecular flexibility index (Phi) is 3.07. The van der Waals surface area contributed by atoms with Gasteiger partial charge in [0, 0.05) is 26.6 Å². The fourth-order valence-electron chi connectivity index (χ4n) is 0.806. The molecule has 0 spiro atoms. The normalized spacial score (nSPS) is 10.8. The van der Waals surface area contributed by atoms with Crippen LogP contribution in [-0.4, -0.2) is 30.3 Å². The first-order valence-electron chi connectivity index (χ1n) is 3.40. The Morgan fingerprint density at radius 3 is 2.64 bits per heavy atom. The van der Waals surface area contributed by atoms with Gasteiger partial charge in [-0.1, -0.05) is 0 Å². The van der Waals surface area contributed by atoms with Crippen LogP contribution in [0.2, 0.25) is 0 Å². The average Bonchev–Trinajstić information content (AvgIpc) is 2.52. The first-order chi connectivity index (χ1) is 5.36. The molecule has 0 fully saturated rings. The molecule has 4 heteroatoms. The van der Waals surface area contributed by atoms with Crippen LogP contribution in [0, 0.1) is 0 Å². The van der Waals surface area contributed by atoms with Crippen molar-refractivity contribution in [3.63, 3.8) is 0 Å². The second-order valence-electron chi connectivity index (χ2n) is 2.13. The lowest BCUT2D eigenvalue weighted by atomic mass is 10.6. The van der Waals surface area contributed by atoms with Gasteiger partial charge in [-0.25, -0.2) is 0 Å². The van der Waals surface area contributed by atoms with Gasteiger partial charge in [0.2, 0.25) is 0 Å². The van der Waals surface area contributed by atoms with E-state index in [0.29, 0.717) is 6.54 Å². The molecule has 0 radical (unpaired) electrons. The van der Waals surface area contributed by atoms with Crippen LogP contribution in [0.4, 0.5) is 0 Å². The smallest absolute Gasteiger partial charge is 0.176 e. The van der Waals surface area contributed by atoms with Crippen LogP contribution in [-0.2, 0) is 16.0 Å². The van der Waals surface area contributed by atoms with Crippen molar-refractivity contribution in [2.45, 2.75) is 12.8 Å². The standard InChI is InChI=1S/C7H12N2O2/c1-10-7(11-2)6-9-5-3-4-8-9/h3-5,7H,6H2,1-2H3. The van der Waals surface area contributed by atoms with Crippen LogP contribution in [0.5, 0.6) is 0 Å². The van der Waals surface area contributed by atoms with E-state index in [0.717, 1.165) is 0 Å². The fraction of sp³-hybridized carbons (Fsp3) is 0.571. The fourth-order valence-corrected chi connectivity index (χ4v) is 0.806. The van der Waals surface area contributed by atoms with Crippen LogP contribution in [0.1, 0.15) is 0 Å². The van der Waals surface area contributed by atoms with Gasteiger partial charge in [-0.05, 0) is 6.07 Å². The second-order valence-corrected chi connectivity index (χ2v) is 2.13. The van der Waals surface area contributed by atoms with Crippen molar-refractivity contribution in [2.75, 3.05) is 14.2 Å². The summed E-state index contributed by atoms with van der Waals surface area (Å²) in [5.74, 6) is 0. The predicted octanol–water partition coefficient (Wildman–Crippen LogP) is 0.502. The van der Waals surface area contributed by atoms with Gasteiger partial charge in [-0.15, -0.1) is 0 Å². The summed E-state index contributed by atoms with van der Waals surface area (Å²) in [5.41, 5.74) is 0. The molecular weight excluding hydrogens is 144 g/mol. The Bertz CT molecular complexity index is 182. The van der Waals surface area contributed by atoms with E-state index < -0.39 is 0 Å². The van der Waals surface area contributed by atoms with Gasteiger partial charge in [0.1, 0.15) is 0 Å². The van der Waals surface area contributed by atoms with Crippen molar-refractivity contribution >= 4 is 0 Å². The minimum Gasteiger partial charge on any atom is -0.354 e. The molecule has 0 N–H and O–H groups in total. The molecular formula is C7H12N2O2. The lowest BCUT2D eigenvalue weighted by molar-refractivity contribution is -0.112. The van der Waals surface area contributed by atoms with Crippen molar-refractivity contribution in [1.29, 1.82) is 0 Å². The molecule has 0 saturated carbocycles. The minimum atomic E-state index is -0.213. The molecule has 0 bridgehead atoms. The summed E-state index contributed by atoms with van der Waals surface area (Å²) in [4.78, 5) is 0. The van der Waals surface area contributed by atoms with Crippen molar-refractivity contribution in [1.82, 2.24) is 9.78 Å². The summed E-state index contributed by atoms with van der Waals surface area (Å²) < 4.78 is 11.7. The number of methoxy groups -OCH3 is 2. The summed E-state index contributed by atoms with van der Waals surface area (Å²) in [5, 5.41) is 4.01. The van der Waals surface area contributed by atoms with Gasteiger partial charge >= 0.3 is 0 Å². The monoisotopic (exact) mass is 156 g/mol. The molecule has 1 aromatic heterocycles. The van der Waals surface area contributed by atoms with E-state index in [-0.39, 0.29) is 6.29 Å². The van der Waals surface area contributed by atoms with Crippen molar-refractivity contribution in [3.05, 3.63) is 18.5 Å². The van der Waals surface area contributed by atoms with Crippen LogP contribution in [0.25, 0.3) is 0 Å². The van der Waals surface area contributed by atoms with E-state index in [1.165, 1.54) is 0 Å². The molecule has 11 heavy (non-hydrogen) atoms. The highest BCUT2D eigenvalue weighted by Crippen LogP contribution is 1.95. The molecule has 1 aromatic rings. The number of ether oxygens (including phenoxy) is 2. The summed E-state index contributed by atoms with van der Waals surface area (Å²) in [7, 11) is 3.22. The van der Waals surface area contributed by atoms with Gasteiger partial charge < -0.3 is 9.47 Å². The molecule has 0 unspecified atom stereocenters. The summed E-state index contributed by atoms with van der Waals surface area (Å²) in [6, 6.07) is 1.86. The van der Waals surface area contributed by atoms with Gasteiger partial charge in [-0.2, -0.15) is 5.10 Å². The van der Waals surface area contributed by atoms with E-state index in [9.17, 15) is 0 Å². The van der Waals surface area contributed by atoms with Crippen LogP contribution >= 0.6 is 0 Å². The Morgan fingerprint density at radius 2 is 2.18 bits per heavy atom. The first kappa shape index (κ1) is 8.23. The van der Waals surface area contributed by atoms with Gasteiger partial charge in [0.05, 0.1) is 6.54 Å². The lowest BCUT2D eigenvalue weighted by Crippen LogP contribution is -2.20. The second kappa shape index (κ2) is 4.10. The highest BCUT2D eigenvalue weighted by Gasteiger charge is 2.04. The molecule has 0 aliphatic rings. The maximum absolute atomic E-state index is 4.99. The third kappa shape index (κ3) is 2.32. The van der Waals surface area contributed by atoms with E-state index in [2.05, 4.69) is 5.10 Å². The number of hydrogen-bond acceptors (Lipinski definition) is 3. The number of hydrogen-bond donors (Lipinski definition) is 0. The van der Waals surface area contributed by atoms with Crippen LogP contribution < -0.4 is 0 Å². The largest absolute Gasteiger partial charge is 0.354 e. The summed E-state index contributed by atoms with van der Waals surface area (Å²) >= 11 is 0. The van der Waals surface area contributed by atoms with E-state index >= 15 is 0 Å². The van der Waals surface area contributed by atoms with Crippen LogP contribution in [0.15, 0.2) is 18.5 Å². The minimum absolute atomic E-state index is 0.213. The topological polar surface area (TPSA) is 36.3 Å². The van der Waals surface area contributed by atoms with E-state index in [4.69, 9.17) is 9.47 Å². The summed E-state index contributed by atoms with van der Waals surface area (Å²) in [6.45, 7) is 0.625. The predicted molar refractivity (Wildman–Crippen MR) is 40.0 cm³/mol. The Morgan fingerprint density at radius 1 is 1.45 bits per heavy atom. The van der Waals surface area contributed by atoms with Gasteiger partial charge in [0.15, 0.2) is 6.29 Å². The molecule has 4 nitrogen and oxygen atoms in total. The number of nitrogens with zero attached hydrogens (tertiary/aromatic N) is 2. The van der Waals surface area contributed by atoms with Gasteiger partial charge in [0.25, 0.3) is 0 Å². The zero-order valence-electron chi connectivity index (χ0n) is 6.73. The van der Waals surface area contributed by atoms with Crippen molar-refractivity contribution < 1.29 is 9.47 Å². The maximum atomic E-state index is 4.99. The molecule has 62 valence electrons. The Balaban J connectivity index is 2.41. The molecule has 0 aromatic carbocycles. The van der Waals surface area contributed by atoms with Crippen molar-refractivity contribution in [3.8, 4) is 0 Å².